The van der Waals surface area contributed by atoms with Crippen molar-refractivity contribution in [2.24, 2.45) is 0 Å². The fraction of sp³-hybridized carbons (Fsp3) is 0.500. The number of hydrogen-bond acceptors (Lipinski definition) is 7. The van der Waals surface area contributed by atoms with E-state index in [1.807, 2.05) is 0 Å². The molecule has 1 aromatic heterocycles. The lowest BCUT2D eigenvalue weighted by atomic mass is 9.86. The molecule has 1 aromatic carbocycles. The third-order valence-electron chi connectivity index (χ3n) is 6.03. The molecule has 0 saturated carbocycles. The van der Waals surface area contributed by atoms with Crippen LogP contribution >= 0.6 is 0 Å². The van der Waals surface area contributed by atoms with Crippen LogP contribution in [0.3, 0.4) is 0 Å². The highest BCUT2D eigenvalue weighted by molar-refractivity contribution is 6.11. The summed E-state index contributed by atoms with van der Waals surface area (Å²) in [6.07, 6.45) is -5.72. The first-order valence-corrected chi connectivity index (χ1v) is 11.0. The van der Waals surface area contributed by atoms with Gasteiger partial charge in [0.05, 0.1) is 42.4 Å². The minimum absolute atomic E-state index is 0.00885. The van der Waals surface area contributed by atoms with Crippen molar-refractivity contribution in [2.45, 2.75) is 64.0 Å². The third-order valence-corrected chi connectivity index (χ3v) is 6.03. The summed E-state index contributed by atoms with van der Waals surface area (Å²) in [5, 5.41) is 0.0341. The maximum absolute atomic E-state index is 13.6. The number of carbonyl (C=O) groups excluding carboxylic acids is 3. The van der Waals surface area contributed by atoms with Crippen molar-refractivity contribution in [1.29, 1.82) is 0 Å². The lowest BCUT2D eigenvalue weighted by molar-refractivity contribution is -0.145. The minimum Gasteiger partial charge on any atom is -0.482 e. The summed E-state index contributed by atoms with van der Waals surface area (Å²) in [5.74, 6) is -1.11. The Morgan fingerprint density at radius 3 is 2.51 bits per heavy atom. The summed E-state index contributed by atoms with van der Waals surface area (Å²) in [6.45, 7) is 6.34. The SMILES string of the molecule is COC(=O)[C@@H]1C[C@@]2(CC(=O)c3c(c(C)nc4c(C(F)(F)F)cccc34)O2)CN1C(=O)OC(C)(C)C. The number of alkyl halides is 3. The molecule has 2 aliphatic heterocycles. The first-order valence-electron chi connectivity index (χ1n) is 11.0. The number of ether oxygens (including phenoxy) is 3. The van der Waals surface area contributed by atoms with Crippen molar-refractivity contribution in [3.63, 3.8) is 0 Å². The Morgan fingerprint density at radius 2 is 1.91 bits per heavy atom. The molecule has 2 atom stereocenters. The Balaban J connectivity index is 1.78. The van der Waals surface area contributed by atoms with Crippen LogP contribution in [-0.4, -0.2) is 58.6 Å². The van der Waals surface area contributed by atoms with Gasteiger partial charge in [-0.1, -0.05) is 12.1 Å². The lowest BCUT2D eigenvalue weighted by Crippen LogP contribution is -2.47. The van der Waals surface area contributed by atoms with Gasteiger partial charge in [0.2, 0.25) is 0 Å². The number of aryl methyl sites for hydroxylation is 1. The van der Waals surface area contributed by atoms with E-state index >= 15 is 0 Å². The van der Waals surface area contributed by atoms with Crippen molar-refractivity contribution >= 4 is 28.7 Å². The second-order valence-corrected chi connectivity index (χ2v) is 9.84. The van der Waals surface area contributed by atoms with E-state index in [1.165, 1.54) is 31.1 Å². The second-order valence-electron chi connectivity index (χ2n) is 9.84. The number of amides is 1. The van der Waals surface area contributed by atoms with Gasteiger partial charge in [-0.05, 0) is 33.8 Å². The second kappa shape index (κ2) is 8.10. The Morgan fingerprint density at radius 1 is 1.23 bits per heavy atom. The van der Waals surface area contributed by atoms with E-state index in [4.69, 9.17) is 14.2 Å². The van der Waals surface area contributed by atoms with E-state index in [0.29, 0.717) is 0 Å². The average molecular weight is 494 g/mol. The van der Waals surface area contributed by atoms with E-state index in [9.17, 15) is 27.6 Å². The fourth-order valence-corrected chi connectivity index (χ4v) is 4.66. The number of hydrogen-bond donors (Lipinski definition) is 0. The molecule has 0 bridgehead atoms. The van der Waals surface area contributed by atoms with Gasteiger partial charge in [-0.3, -0.25) is 9.69 Å². The van der Waals surface area contributed by atoms with E-state index in [2.05, 4.69) is 4.98 Å². The van der Waals surface area contributed by atoms with Gasteiger partial charge in [0, 0.05) is 11.8 Å². The normalized spacial score (nSPS) is 22.2. The number of halogens is 3. The number of benzene rings is 1. The van der Waals surface area contributed by atoms with E-state index in [0.717, 1.165) is 6.07 Å². The Kier molecular flexibility index (Phi) is 5.72. The zero-order valence-corrected chi connectivity index (χ0v) is 19.9. The van der Waals surface area contributed by atoms with Gasteiger partial charge in [0.25, 0.3) is 0 Å². The van der Waals surface area contributed by atoms with Crippen LogP contribution in [0.4, 0.5) is 18.0 Å². The number of pyridine rings is 1. The zero-order valence-electron chi connectivity index (χ0n) is 19.9. The number of fused-ring (bicyclic) bond motifs is 3. The monoisotopic (exact) mass is 494 g/mol. The number of methoxy groups -OCH3 is 1. The van der Waals surface area contributed by atoms with Gasteiger partial charge in [0.15, 0.2) is 11.5 Å². The molecule has 8 nitrogen and oxygen atoms in total. The number of para-hydroxylation sites is 1. The number of Topliss-reactive ketones (excluding diaryl/α,β-unsaturated/α-hetero) is 1. The highest BCUT2D eigenvalue weighted by atomic mass is 19.4. The number of rotatable bonds is 1. The Bertz CT molecular complexity index is 1240. The molecule has 1 spiro atoms. The van der Waals surface area contributed by atoms with Crippen molar-refractivity contribution < 1.29 is 41.8 Å². The highest BCUT2D eigenvalue weighted by Crippen LogP contribution is 2.46. The predicted molar refractivity (Wildman–Crippen MR) is 117 cm³/mol. The summed E-state index contributed by atoms with van der Waals surface area (Å²) in [7, 11) is 1.18. The quantitative estimate of drug-likeness (QED) is 0.541. The Labute approximate surface area is 199 Å². The molecule has 1 saturated heterocycles. The molecular weight excluding hydrogens is 469 g/mol. The summed E-state index contributed by atoms with van der Waals surface area (Å²) < 4.78 is 57.2. The summed E-state index contributed by atoms with van der Waals surface area (Å²) in [5.41, 5.74) is -3.30. The first kappa shape index (κ1) is 24.7. The average Bonchev–Trinajstić information content (AvgIpc) is 3.09. The largest absolute Gasteiger partial charge is 0.482 e. The molecular formula is C24H25F3N2O6. The smallest absolute Gasteiger partial charge is 0.418 e. The van der Waals surface area contributed by atoms with Crippen LogP contribution in [0.5, 0.6) is 5.75 Å². The molecule has 2 aliphatic rings. The van der Waals surface area contributed by atoms with Crippen molar-refractivity contribution in [2.75, 3.05) is 13.7 Å². The number of aromatic nitrogens is 1. The van der Waals surface area contributed by atoms with Crippen LogP contribution in [-0.2, 0) is 20.4 Å². The highest BCUT2D eigenvalue weighted by Gasteiger charge is 2.55. The molecule has 35 heavy (non-hydrogen) atoms. The van der Waals surface area contributed by atoms with Gasteiger partial charge >= 0.3 is 18.2 Å². The summed E-state index contributed by atoms with van der Waals surface area (Å²) >= 11 is 0. The molecule has 0 N–H and O–H groups in total. The van der Waals surface area contributed by atoms with Crippen LogP contribution in [0.15, 0.2) is 18.2 Å². The maximum Gasteiger partial charge on any atom is 0.418 e. The van der Waals surface area contributed by atoms with Crippen molar-refractivity contribution in [1.82, 2.24) is 9.88 Å². The van der Waals surface area contributed by atoms with Gasteiger partial charge < -0.3 is 14.2 Å². The standard InChI is InChI=1S/C24H25F3N2O6/c1-12-19-17(13-7-6-8-14(18(13)28-12)24(25,26)27)16(30)10-23(34-19)9-15(20(31)33-5)29(11-23)21(32)35-22(2,3)4/h6-8,15H,9-11H2,1-5H3/t15-,23+/m0/s1. The minimum atomic E-state index is -4.65. The van der Waals surface area contributed by atoms with Gasteiger partial charge in [-0.2, -0.15) is 13.2 Å². The molecule has 0 aliphatic carbocycles. The Hall–Kier alpha value is -3.37. The van der Waals surface area contributed by atoms with E-state index in [-0.39, 0.29) is 47.3 Å². The summed E-state index contributed by atoms with van der Waals surface area (Å²) in [4.78, 5) is 44.0. The number of carbonyl (C=O) groups is 3. The molecule has 0 unspecified atom stereocenters. The number of esters is 1. The molecule has 11 heteroatoms. The van der Waals surface area contributed by atoms with Gasteiger partial charge in [-0.15, -0.1) is 0 Å². The van der Waals surface area contributed by atoms with Crippen LogP contribution in [0.2, 0.25) is 0 Å². The van der Waals surface area contributed by atoms with Crippen LogP contribution in [0, 0.1) is 6.92 Å². The van der Waals surface area contributed by atoms with Crippen molar-refractivity contribution in [3.05, 3.63) is 35.0 Å². The first-order chi connectivity index (χ1) is 16.2. The zero-order chi connectivity index (χ0) is 25.9. The maximum atomic E-state index is 13.6. The van der Waals surface area contributed by atoms with Crippen molar-refractivity contribution in [3.8, 4) is 5.75 Å². The molecule has 2 aromatic rings. The van der Waals surface area contributed by atoms with Gasteiger partial charge in [0.1, 0.15) is 17.2 Å². The van der Waals surface area contributed by atoms with E-state index < -0.39 is 46.8 Å². The van der Waals surface area contributed by atoms with Crippen LogP contribution in [0.1, 0.15) is 55.2 Å². The lowest BCUT2D eigenvalue weighted by Gasteiger charge is -2.35. The topological polar surface area (TPSA) is 95.0 Å². The predicted octanol–water partition coefficient (Wildman–Crippen LogP) is 4.45. The molecule has 1 amide bonds. The molecule has 188 valence electrons. The van der Waals surface area contributed by atoms with E-state index in [1.54, 1.807) is 20.8 Å². The molecule has 1 fully saturated rings. The number of ketones is 1. The fourth-order valence-electron chi connectivity index (χ4n) is 4.66. The molecule has 4 rings (SSSR count). The number of likely N-dealkylation sites (tertiary alicyclic amines) is 1. The summed E-state index contributed by atoms with van der Waals surface area (Å²) in [6, 6.07) is 2.46. The third kappa shape index (κ3) is 4.39. The van der Waals surface area contributed by atoms with Gasteiger partial charge in [-0.25, -0.2) is 14.6 Å². The van der Waals surface area contributed by atoms with Crippen LogP contribution < -0.4 is 4.74 Å². The molecule has 0 radical (unpaired) electrons. The van der Waals surface area contributed by atoms with Crippen LogP contribution in [0.25, 0.3) is 10.9 Å². The number of nitrogens with zero attached hydrogens (tertiary/aromatic N) is 2. The molecule has 3 heterocycles.